The number of guanidine groups is 1. The lowest BCUT2D eigenvalue weighted by Crippen LogP contribution is -2.38. The molecule has 118 valence electrons. The molecule has 1 heterocycles. The van der Waals surface area contributed by atoms with Crippen molar-refractivity contribution in [3.8, 4) is 0 Å². The molecule has 1 aromatic carbocycles. The van der Waals surface area contributed by atoms with E-state index in [-0.39, 0.29) is 0 Å². The summed E-state index contributed by atoms with van der Waals surface area (Å²) in [5.41, 5.74) is 2.51. The minimum atomic E-state index is 0.757. The summed E-state index contributed by atoms with van der Waals surface area (Å²) in [4.78, 5) is 4.24. The summed E-state index contributed by atoms with van der Waals surface area (Å²) in [5.74, 6) is 1.80. The lowest BCUT2D eigenvalue weighted by atomic mass is 10.1. The van der Waals surface area contributed by atoms with Gasteiger partial charge in [0.2, 0.25) is 0 Å². The summed E-state index contributed by atoms with van der Waals surface area (Å²) in [7, 11) is 1.78. The molecule has 0 saturated carbocycles. The van der Waals surface area contributed by atoms with E-state index in [1.165, 1.54) is 11.1 Å². The average Bonchev–Trinajstić information content (AvgIpc) is 2.99. The zero-order valence-electron chi connectivity index (χ0n) is 13.5. The summed E-state index contributed by atoms with van der Waals surface area (Å²) in [6, 6.07) is 8.48. The summed E-state index contributed by atoms with van der Waals surface area (Å²) in [5, 5.41) is 14.6. The van der Waals surface area contributed by atoms with E-state index in [1.807, 2.05) is 0 Å². The largest absolute Gasteiger partial charge is 0.355 e. The van der Waals surface area contributed by atoms with Gasteiger partial charge in [-0.3, -0.25) is 4.99 Å². The van der Waals surface area contributed by atoms with Crippen LogP contribution in [0.1, 0.15) is 23.9 Å². The lowest BCUT2D eigenvalue weighted by Gasteiger charge is -2.12. The highest BCUT2D eigenvalue weighted by atomic mass is 15.3. The molecule has 0 spiro atoms. The first-order valence-electron chi connectivity index (χ1n) is 7.59. The van der Waals surface area contributed by atoms with Gasteiger partial charge >= 0.3 is 0 Å². The Morgan fingerprint density at radius 2 is 2.00 bits per heavy atom. The van der Waals surface area contributed by atoms with Gasteiger partial charge in [-0.05, 0) is 12.5 Å². The van der Waals surface area contributed by atoms with Crippen LogP contribution in [0.25, 0.3) is 0 Å². The van der Waals surface area contributed by atoms with Crippen LogP contribution in [0.15, 0.2) is 35.6 Å². The highest BCUT2D eigenvalue weighted by molar-refractivity contribution is 5.79. The summed E-state index contributed by atoms with van der Waals surface area (Å²) in [6.07, 6.45) is 2.66. The number of hydrogen-bond donors (Lipinski definition) is 2. The minimum Gasteiger partial charge on any atom is -0.355 e. The molecule has 0 aliphatic heterocycles. The summed E-state index contributed by atoms with van der Waals surface area (Å²) in [6.45, 7) is 6.52. The van der Waals surface area contributed by atoms with Crippen molar-refractivity contribution in [2.75, 3.05) is 13.6 Å². The third-order valence-corrected chi connectivity index (χ3v) is 3.46. The number of benzene rings is 1. The van der Waals surface area contributed by atoms with E-state index in [4.69, 9.17) is 0 Å². The standard InChI is InChI=1S/C16H24N6/c1-4-15-21-20-12-22(15)10-9-18-16(17-3)19-11-14-7-5-13(2)6-8-14/h5-8,12H,4,9-11H2,1-3H3,(H2,17,18,19). The second kappa shape index (κ2) is 8.17. The van der Waals surface area contributed by atoms with Crippen molar-refractivity contribution in [2.24, 2.45) is 4.99 Å². The van der Waals surface area contributed by atoms with Crippen LogP contribution in [0.2, 0.25) is 0 Å². The summed E-state index contributed by atoms with van der Waals surface area (Å²) < 4.78 is 2.06. The molecule has 2 aromatic rings. The Morgan fingerprint density at radius 3 is 2.68 bits per heavy atom. The fourth-order valence-electron chi connectivity index (χ4n) is 2.15. The van der Waals surface area contributed by atoms with Gasteiger partial charge in [-0.1, -0.05) is 36.8 Å². The molecular formula is C16H24N6. The maximum absolute atomic E-state index is 4.24. The van der Waals surface area contributed by atoms with E-state index in [0.717, 1.165) is 37.8 Å². The predicted octanol–water partition coefficient (Wildman–Crippen LogP) is 1.51. The van der Waals surface area contributed by atoms with E-state index in [1.54, 1.807) is 13.4 Å². The Labute approximate surface area is 131 Å². The van der Waals surface area contributed by atoms with Crippen LogP contribution in [0.3, 0.4) is 0 Å². The van der Waals surface area contributed by atoms with E-state index < -0.39 is 0 Å². The van der Waals surface area contributed by atoms with Gasteiger partial charge in [0.1, 0.15) is 12.2 Å². The molecule has 0 aliphatic carbocycles. The van der Waals surface area contributed by atoms with Gasteiger partial charge in [0.15, 0.2) is 5.96 Å². The van der Waals surface area contributed by atoms with E-state index >= 15 is 0 Å². The van der Waals surface area contributed by atoms with Crippen LogP contribution < -0.4 is 10.6 Å². The number of aryl methyl sites for hydroxylation is 2. The molecule has 2 N–H and O–H groups in total. The van der Waals surface area contributed by atoms with Crippen LogP contribution in [0, 0.1) is 6.92 Å². The number of hydrogen-bond acceptors (Lipinski definition) is 3. The van der Waals surface area contributed by atoms with E-state index in [0.29, 0.717) is 0 Å². The number of rotatable bonds is 6. The fraction of sp³-hybridized carbons (Fsp3) is 0.438. The van der Waals surface area contributed by atoms with Gasteiger partial charge in [-0.25, -0.2) is 0 Å². The first-order valence-corrected chi connectivity index (χ1v) is 7.59. The average molecular weight is 300 g/mol. The Hall–Kier alpha value is -2.37. The van der Waals surface area contributed by atoms with Crippen molar-refractivity contribution in [2.45, 2.75) is 33.4 Å². The molecule has 6 nitrogen and oxygen atoms in total. The highest BCUT2D eigenvalue weighted by Gasteiger charge is 2.02. The molecule has 0 saturated heterocycles. The third-order valence-electron chi connectivity index (χ3n) is 3.46. The molecule has 6 heteroatoms. The van der Waals surface area contributed by atoms with Crippen LogP contribution in [-0.4, -0.2) is 34.3 Å². The molecule has 22 heavy (non-hydrogen) atoms. The van der Waals surface area contributed by atoms with Crippen LogP contribution >= 0.6 is 0 Å². The van der Waals surface area contributed by atoms with Gasteiger partial charge in [0, 0.05) is 33.1 Å². The van der Waals surface area contributed by atoms with Crippen LogP contribution in [0.4, 0.5) is 0 Å². The monoisotopic (exact) mass is 300 g/mol. The highest BCUT2D eigenvalue weighted by Crippen LogP contribution is 2.02. The van der Waals surface area contributed by atoms with Crippen molar-refractivity contribution in [3.05, 3.63) is 47.5 Å². The van der Waals surface area contributed by atoms with Crippen molar-refractivity contribution in [3.63, 3.8) is 0 Å². The molecule has 0 amide bonds. The molecule has 2 rings (SSSR count). The van der Waals surface area contributed by atoms with Crippen molar-refractivity contribution >= 4 is 5.96 Å². The SMILES string of the molecule is CCc1nncn1CCNC(=NC)NCc1ccc(C)cc1. The second-order valence-corrected chi connectivity index (χ2v) is 5.13. The van der Waals surface area contributed by atoms with Crippen LogP contribution in [-0.2, 0) is 19.5 Å². The zero-order chi connectivity index (χ0) is 15.8. The second-order valence-electron chi connectivity index (χ2n) is 5.13. The Kier molecular flexibility index (Phi) is 5.94. The van der Waals surface area contributed by atoms with Crippen molar-refractivity contribution < 1.29 is 0 Å². The van der Waals surface area contributed by atoms with Gasteiger partial charge in [0.25, 0.3) is 0 Å². The molecule has 0 bridgehead atoms. The van der Waals surface area contributed by atoms with E-state index in [2.05, 4.69) is 68.5 Å². The molecule has 0 atom stereocenters. The topological polar surface area (TPSA) is 67.1 Å². The number of aliphatic imine (C=N–C) groups is 1. The quantitative estimate of drug-likeness (QED) is 0.627. The first kappa shape index (κ1) is 16.0. The molecular weight excluding hydrogens is 276 g/mol. The predicted molar refractivity (Wildman–Crippen MR) is 88.8 cm³/mol. The fourth-order valence-corrected chi connectivity index (χ4v) is 2.15. The third kappa shape index (κ3) is 4.58. The minimum absolute atomic E-state index is 0.757. The first-order chi connectivity index (χ1) is 10.7. The molecule has 0 fully saturated rings. The van der Waals surface area contributed by atoms with Crippen LogP contribution in [0.5, 0.6) is 0 Å². The maximum Gasteiger partial charge on any atom is 0.191 e. The number of nitrogens with zero attached hydrogens (tertiary/aromatic N) is 4. The lowest BCUT2D eigenvalue weighted by molar-refractivity contribution is 0.632. The maximum atomic E-state index is 4.24. The van der Waals surface area contributed by atoms with Crippen molar-refractivity contribution in [1.29, 1.82) is 0 Å². The van der Waals surface area contributed by atoms with Gasteiger partial charge < -0.3 is 15.2 Å². The van der Waals surface area contributed by atoms with Gasteiger partial charge in [0.05, 0.1) is 0 Å². The Morgan fingerprint density at radius 1 is 1.23 bits per heavy atom. The number of nitrogens with one attached hydrogen (secondary N) is 2. The zero-order valence-corrected chi connectivity index (χ0v) is 13.5. The van der Waals surface area contributed by atoms with E-state index in [9.17, 15) is 0 Å². The summed E-state index contributed by atoms with van der Waals surface area (Å²) >= 11 is 0. The molecule has 1 aromatic heterocycles. The van der Waals surface area contributed by atoms with Gasteiger partial charge in [-0.2, -0.15) is 0 Å². The molecule has 0 radical (unpaired) electrons. The van der Waals surface area contributed by atoms with Crippen molar-refractivity contribution in [1.82, 2.24) is 25.4 Å². The number of aromatic nitrogens is 3. The van der Waals surface area contributed by atoms with Gasteiger partial charge in [-0.15, -0.1) is 10.2 Å². The smallest absolute Gasteiger partial charge is 0.191 e. The normalized spacial score (nSPS) is 11.5. The molecule has 0 unspecified atom stereocenters. The molecule has 0 aliphatic rings. The Balaban J connectivity index is 1.77. The Bertz CT molecular complexity index is 599.